The number of benzene rings is 1. The lowest BCUT2D eigenvalue weighted by molar-refractivity contribution is 0.0932. The van der Waals surface area contributed by atoms with Crippen LogP contribution >= 0.6 is 0 Å². The summed E-state index contributed by atoms with van der Waals surface area (Å²) in [5.74, 6) is -1.02. The van der Waals surface area contributed by atoms with E-state index in [4.69, 9.17) is 5.26 Å². The van der Waals surface area contributed by atoms with Crippen molar-refractivity contribution in [1.29, 1.82) is 5.26 Å². The van der Waals surface area contributed by atoms with E-state index in [0.29, 0.717) is 6.42 Å². The summed E-state index contributed by atoms with van der Waals surface area (Å²) >= 11 is 0. The zero-order valence-electron chi connectivity index (χ0n) is 9.03. The molecule has 0 saturated heterocycles. The third-order valence-electron chi connectivity index (χ3n) is 2.28. The van der Waals surface area contributed by atoms with E-state index in [1.807, 2.05) is 13.0 Å². The molecular weight excluding hydrogens is 207 g/mol. The molecule has 84 valence electrons. The fourth-order valence-corrected chi connectivity index (χ4v) is 1.32. The Morgan fingerprint density at radius 2 is 2.25 bits per heavy atom. The summed E-state index contributed by atoms with van der Waals surface area (Å²) in [5, 5.41) is 11.2. The van der Waals surface area contributed by atoms with Crippen molar-refractivity contribution in [3.05, 3.63) is 35.6 Å². The van der Waals surface area contributed by atoms with Crippen LogP contribution in [0.25, 0.3) is 0 Å². The van der Waals surface area contributed by atoms with Crippen LogP contribution in [-0.4, -0.2) is 11.9 Å². The van der Waals surface area contributed by atoms with Crippen molar-refractivity contribution < 1.29 is 9.18 Å². The van der Waals surface area contributed by atoms with Crippen LogP contribution in [-0.2, 0) is 0 Å². The molecule has 16 heavy (non-hydrogen) atoms. The molecule has 3 nitrogen and oxygen atoms in total. The summed E-state index contributed by atoms with van der Waals surface area (Å²) in [7, 11) is 0. The molecule has 0 radical (unpaired) electrons. The van der Waals surface area contributed by atoms with Crippen molar-refractivity contribution in [2.75, 3.05) is 0 Å². The van der Waals surface area contributed by atoms with Crippen molar-refractivity contribution >= 4 is 5.91 Å². The second-order valence-corrected chi connectivity index (χ2v) is 3.42. The van der Waals surface area contributed by atoms with E-state index in [0.717, 1.165) is 0 Å². The summed E-state index contributed by atoms with van der Waals surface area (Å²) in [4.78, 5) is 11.6. The molecule has 0 aliphatic carbocycles. The topological polar surface area (TPSA) is 52.9 Å². The van der Waals surface area contributed by atoms with Gasteiger partial charge in [0.25, 0.3) is 5.91 Å². The Kier molecular flexibility index (Phi) is 4.46. The van der Waals surface area contributed by atoms with Crippen molar-refractivity contribution in [2.24, 2.45) is 0 Å². The van der Waals surface area contributed by atoms with Gasteiger partial charge in [0, 0.05) is 6.04 Å². The molecule has 1 atom stereocenters. The highest BCUT2D eigenvalue weighted by Crippen LogP contribution is 2.07. The van der Waals surface area contributed by atoms with E-state index in [1.54, 1.807) is 6.07 Å². The van der Waals surface area contributed by atoms with Crippen molar-refractivity contribution in [1.82, 2.24) is 5.32 Å². The highest BCUT2D eigenvalue weighted by molar-refractivity contribution is 5.94. The minimum atomic E-state index is -0.549. The van der Waals surface area contributed by atoms with Crippen molar-refractivity contribution in [3.63, 3.8) is 0 Å². The fraction of sp³-hybridized carbons (Fsp3) is 0.333. The zero-order valence-corrected chi connectivity index (χ0v) is 9.03. The van der Waals surface area contributed by atoms with Crippen LogP contribution in [0.3, 0.4) is 0 Å². The summed E-state index contributed by atoms with van der Waals surface area (Å²) < 4.78 is 13.3. The van der Waals surface area contributed by atoms with Gasteiger partial charge in [-0.15, -0.1) is 0 Å². The standard InChI is InChI=1S/C12H13FN2O/c1-2-9(7-8-14)15-12(16)10-5-3-4-6-11(10)13/h3-6,9H,2,7H2,1H3,(H,15,16). The third kappa shape index (κ3) is 3.06. The second-order valence-electron chi connectivity index (χ2n) is 3.42. The highest BCUT2D eigenvalue weighted by Gasteiger charge is 2.14. The first-order valence-corrected chi connectivity index (χ1v) is 5.11. The molecule has 1 aromatic rings. The summed E-state index contributed by atoms with van der Waals surface area (Å²) in [6.45, 7) is 1.86. The van der Waals surface area contributed by atoms with Crippen LogP contribution < -0.4 is 5.32 Å². The number of nitrogens with one attached hydrogen (secondary N) is 1. The number of rotatable bonds is 4. The largest absolute Gasteiger partial charge is 0.348 e. The fourth-order valence-electron chi connectivity index (χ4n) is 1.32. The van der Waals surface area contributed by atoms with Gasteiger partial charge in [-0.05, 0) is 18.6 Å². The van der Waals surface area contributed by atoms with Crippen LogP contribution in [0, 0.1) is 17.1 Å². The van der Waals surface area contributed by atoms with E-state index in [9.17, 15) is 9.18 Å². The molecule has 0 aliphatic rings. The average Bonchev–Trinajstić information content (AvgIpc) is 2.28. The minimum absolute atomic E-state index is 0.0129. The van der Waals surface area contributed by atoms with Gasteiger partial charge in [-0.1, -0.05) is 19.1 Å². The molecule has 1 amide bonds. The SMILES string of the molecule is CCC(CC#N)NC(=O)c1ccccc1F. The summed E-state index contributed by atoms with van der Waals surface area (Å²) in [6, 6.07) is 7.54. The molecule has 0 bridgehead atoms. The van der Waals surface area contributed by atoms with Crippen LogP contribution in [0.4, 0.5) is 4.39 Å². The maximum Gasteiger partial charge on any atom is 0.254 e. The van der Waals surface area contributed by atoms with E-state index in [2.05, 4.69) is 5.32 Å². The van der Waals surface area contributed by atoms with Gasteiger partial charge in [-0.25, -0.2) is 4.39 Å². The predicted molar refractivity (Wildman–Crippen MR) is 58.2 cm³/mol. The first kappa shape index (κ1) is 12.2. The molecule has 0 heterocycles. The molecular formula is C12H13FN2O. The Hall–Kier alpha value is -1.89. The molecule has 0 spiro atoms. The van der Waals surface area contributed by atoms with Gasteiger partial charge >= 0.3 is 0 Å². The average molecular weight is 220 g/mol. The van der Waals surface area contributed by atoms with E-state index in [1.165, 1.54) is 18.2 Å². The molecule has 0 aromatic heterocycles. The number of hydrogen-bond donors (Lipinski definition) is 1. The first-order chi connectivity index (χ1) is 7.69. The Bertz CT molecular complexity index is 412. The zero-order chi connectivity index (χ0) is 12.0. The normalized spacial score (nSPS) is 11.6. The van der Waals surface area contributed by atoms with E-state index >= 15 is 0 Å². The van der Waals surface area contributed by atoms with Gasteiger partial charge in [0.15, 0.2) is 0 Å². The molecule has 0 aliphatic heterocycles. The monoisotopic (exact) mass is 220 g/mol. The van der Waals surface area contributed by atoms with Crippen LogP contribution in [0.2, 0.25) is 0 Å². The lowest BCUT2D eigenvalue weighted by atomic mass is 10.1. The first-order valence-electron chi connectivity index (χ1n) is 5.11. The van der Waals surface area contributed by atoms with Crippen molar-refractivity contribution in [3.8, 4) is 6.07 Å². The third-order valence-corrected chi connectivity index (χ3v) is 2.28. The number of amides is 1. The minimum Gasteiger partial charge on any atom is -0.348 e. The number of carbonyl (C=O) groups excluding carboxylic acids is 1. The van der Waals surface area contributed by atoms with Gasteiger partial charge in [-0.3, -0.25) is 4.79 Å². The Balaban J connectivity index is 2.73. The number of hydrogen-bond acceptors (Lipinski definition) is 2. The summed E-state index contributed by atoms with van der Waals surface area (Å²) in [6.07, 6.45) is 0.879. The van der Waals surface area contributed by atoms with Crippen LogP contribution in [0.15, 0.2) is 24.3 Å². The lowest BCUT2D eigenvalue weighted by Crippen LogP contribution is -2.34. The molecule has 1 N–H and O–H groups in total. The van der Waals surface area contributed by atoms with Gasteiger partial charge in [0.1, 0.15) is 5.82 Å². The lowest BCUT2D eigenvalue weighted by Gasteiger charge is -2.13. The quantitative estimate of drug-likeness (QED) is 0.846. The van der Waals surface area contributed by atoms with Crippen LogP contribution in [0.5, 0.6) is 0 Å². The summed E-state index contributed by atoms with van der Waals surface area (Å²) in [5.41, 5.74) is 0.0129. The molecule has 1 rings (SSSR count). The number of halogens is 1. The smallest absolute Gasteiger partial charge is 0.254 e. The van der Waals surface area contributed by atoms with E-state index in [-0.39, 0.29) is 18.0 Å². The Morgan fingerprint density at radius 3 is 2.81 bits per heavy atom. The number of nitriles is 1. The number of nitrogens with zero attached hydrogens (tertiary/aromatic N) is 1. The van der Waals surface area contributed by atoms with Gasteiger partial charge in [0.2, 0.25) is 0 Å². The Morgan fingerprint density at radius 1 is 1.56 bits per heavy atom. The van der Waals surface area contributed by atoms with Gasteiger partial charge in [0.05, 0.1) is 18.1 Å². The van der Waals surface area contributed by atoms with Gasteiger partial charge in [-0.2, -0.15) is 5.26 Å². The van der Waals surface area contributed by atoms with E-state index < -0.39 is 11.7 Å². The molecule has 0 fully saturated rings. The Labute approximate surface area is 93.9 Å². The molecule has 1 aromatic carbocycles. The number of carbonyl (C=O) groups is 1. The maximum absolute atomic E-state index is 13.3. The maximum atomic E-state index is 13.3. The van der Waals surface area contributed by atoms with Gasteiger partial charge < -0.3 is 5.32 Å². The second kappa shape index (κ2) is 5.86. The van der Waals surface area contributed by atoms with Crippen LogP contribution in [0.1, 0.15) is 30.1 Å². The molecule has 0 saturated carbocycles. The molecule has 4 heteroatoms. The molecule has 1 unspecified atom stereocenters. The van der Waals surface area contributed by atoms with Crippen molar-refractivity contribution in [2.45, 2.75) is 25.8 Å². The highest BCUT2D eigenvalue weighted by atomic mass is 19.1. The predicted octanol–water partition coefficient (Wildman–Crippen LogP) is 2.25.